The normalized spacial score (nSPS) is 18.3. The molecule has 5 nitrogen and oxygen atoms in total. The van der Waals surface area contributed by atoms with Gasteiger partial charge in [0.25, 0.3) is 0 Å². The van der Waals surface area contributed by atoms with Crippen LogP contribution < -0.4 is 10.6 Å². The van der Waals surface area contributed by atoms with Gasteiger partial charge < -0.3 is 10.6 Å². The van der Waals surface area contributed by atoms with Crippen molar-refractivity contribution in [1.29, 1.82) is 0 Å². The van der Waals surface area contributed by atoms with Gasteiger partial charge in [0.1, 0.15) is 0 Å². The molecule has 2 amide bonds. The minimum atomic E-state index is -4.42. The number of carbonyl (C=O) groups is 2. The zero-order valence-electron chi connectivity index (χ0n) is 14.5. The standard InChI is InChI=1S/C18H22F3N3O2/c1-12(2)10-23-16(25)9-15-17(26)22-6-7-24(15)11-13-4-3-5-14(8-13)18(19,20)21/h3-5,8,15H,1,6-7,9-11H2,2H3,(H,22,26)(H,23,25). The van der Waals surface area contributed by atoms with E-state index >= 15 is 0 Å². The Balaban J connectivity index is 2.09. The summed E-state index contributed by atoms with van der Waals surface area (Å²) in [5.74, 6) is -0.599. The summed E-state index contributed by atoms with van der Waals surface area (Å²) in [6.45, 7) is 6.79. The summed E-state index contributed by atoms with van der Waals surface area (Å²) in [5.41, 5.74) is 0.501. The molecule has 1 aromatic carbocycles. The lowest BCUT2D eigenvalue weighted by Gasteiger charge is -2.34. The number of carbonyl (C=O) groups excluding carboxylic acids is 2. The van der Waals surface area contributed by atoms with Crippen LogP contribution in [0.3, 0.4) is 0 Å². The van der Waals surface area contributed by atoms with E-state index < -0.39 is 17.8 Å². The summed E-state index contributed by atoms with van der Waals surface area (Å²) in [7, 11) is 0. The topological polar surface area (TPSA) is 61.4 Å². The minimum Gasteiger partial charge on any atom is -0.353 e. The molecule has 1 saturated heterocycles. The van der Waals surface area contributed by atoms with E-state index in [-0.39, 0.29) is 24.8 Å². The van der Waals surface area contributed by atoms with Crippen LogP contribution in [0.15, 0.2) is 36.4 Å². The van der Waals surface area contributed by atoms with Crippen LogP contribution in [0.5, 0.6) is 0 Å². The maximum absolute atomic E-state index is 12.9. The van der Waals surface area contributed by atoms with Gasteiger partial charge in [-0.3, -0.25) is 14.5 Å². The zero-order valence-corrected chi connectivity index (χ0v) is 14.5. The second-order valence-corrected chi connectivity index (χ2v) is 6.41. The van der Waals surface area contributed by atoms with Gasteiger partial charge in [-0.05, 0) is 18.6 Å². The van der Waals surface area contributed by atoms with Crippen molar-refractivity contribution in [2.45, 2.75) is 32.1 Å². The third kappa shape index (κ3) is 5.59. The molecule has 1 heterocycles. The predicted molar refractivity (Wildman–Crippen MR) is 91.1 cm³/mol. The van der Waals surface area contributed by atoms with E-state index in [0.717, 1.165) is 17.7 Å². The van der Waals surface area contributed by atoms with Gasteiger partial charge in [-0.1, -0.05) is 30.4 Å². The van der Waals surface area contributed by atoms with Crippen molar-refractivity contribution < 1.29 is 22.8 Å². The van der Waals surface area contributed by atoms with Crippen molar-refractivity contribution in [3.63, 3.8) is 0 Å². The molecule has 1 unspecified atom stereocenters. The van der Waals surface area contributed by atoms with E-state index in [0.29, 0.717) is 25.2 Å². The van der Waals surface area contributed by atoms with Crippen molar-refractivity contribution in [3.05, 3.63) is 47.5 Å². The first-order valence-electron chi connectivity index (χ1n) is 8.26. The van der Waals surface area contributed by atoms with E-state index in [4.69, 9.17) is 0 Å². The molecule has 26 heavy (non-hydrogen) atoms. The highest BCUT2D eigenvalue weighted by Crippen LogP contribution is 2.30. The monoisotopic (exact) mass is 369 g/mol. The minimum absolute atomic E-state index is 0.0575. The highest BCUT2D eigenvalue weighted by Gasteiger charge is 2.33. The number of amides is 2. The number of hydrogen-bond acceptors (Lipinski definition) is 3. The van der Waals surface area contributed by atoms with Crippen LogP contribution in [-0.4, -0.2) is 42.4 Å². The lowest BCUT2D eigenvalue weighted by atomic mass is 10.0. The molecule has 0 saturated carbocycles. The van der Waals surface area contributed by atoms with Gasteiger partial charge in [0, 0.05) is 26.2 Å². The summed E-state index contributed by atoms with van der Waals surface area (Å²) in [4.78, 5) is 25.9. The van der Waals surface area contributed by atoms with Crippen molar-refractivity contribution in [2.24, 2.45) is 0 Å². The number of nitrogens with zero attached hydrogens (tertiary/aromatic N) is 1. The van der Waals surface area contributed by atoms with Crippen LogP contribution in [0.4, 0.5) is 13.2 Å². The molecule has 0 spiro atoms. The number of piperazine rings is 1. The van der Waals surface area contributed by atoms with E-state index in [9.17, 15) is 22.8 Å². The van der Waals surface area contributed by atoms with Crippen LogP contribution >= 0.6 is 0 Å². The number of nitrogens with one attached hydrogen (secondary N) is 2. The van der Waals surface area contributed by atoms with E-state index in [2.05, 4.69) is 17.2 Å². The van der Waals surface area contributed by atoms with Crippen molar-refractivity contribution in [3.8, 4) is 0 Å². The van der Waals surface area contributed by atoms with E-state index in [1.807, 2.05) is 0 Å². The summed E-state index contributed by atoms with van der Waals surface area (Å²) in [5, 5.41) is 5.37. The van der Waals surface area contributed by atoms with Gasteiger partial charge in [0.15, 0.2) is 0 Å². The molecule has 2 rings (SSSR count). The predicted octanol–water partition coefficient (Wildman–Crippen LogP) is 2.09. The van der Waals surface area contributed by atoms with Gasteiger partial charge in [-0.2, -0.15) is 13.2 Å². The maximum atomic E-state index is 12.9. The number of alkyl halides is 3. The molecule has 0 radical (unpaired) electrons. The molecule has 0 bridgehead atoms. The van der Waals surface area contributed by atoms with Crippen LogP contribution in [-0.2, 0) is 22.3 Å². The Bertz CT molecular complexity index is 689. The Morgan fingerprint density at radius 3 is 2.81 bits per heavy atom. The molecule has 1 aliphatic heterocycles. The van der Waals surface area contributed by atoms with Crippen LogP contribution in [0.25, 0.3) is 0 Å². The first kappa shape index (κ1) is 20.0. The van der Waals surface area contributed by atoms with Gasteiger partial charge in [0.05, 0.1) is 18.0 Å². The third-order valence-electron chi connectivity index (χ3n) is 4.05. The molecule has 142 valence electrons. The van der Waals surface area contributed by atoms with Crippen molar-refractivity contribution >= 4 is 11.8 Å². The zero-order chi connectivity index (χ0) is 19.3. The van der Waals surface area contributed by atoms with Crippen LogP contribution in [0.2, 0.25) is 0 Å². The molecule has 0 aromatic heterocycles. The largest absolute Gasteiger partial charge is 0.416 e. The van der Waals surface area contributed by atoms with Gasteiger partial charge in [0.2, 0.25) is 11.8 Å². The first-order valence-corrected chi connectivity index (χ1v) is 8.26. The fourth-order valence-electron chi connectivity index (χ4n) is 2.75. The Kier molecular flexibility index (Phi) is 6.42. The molecule has 0 aliphatic carbocycles. The number of benzene rings is 1. The molecule has 1 aliphatic rings. The summed E-state index contributed by atoms with van der Waals surface area (Å²) >= 11 is 0. The second-order valence-electron chi connectivity index (χ2n) is 6.41. The second kappa shape index (κ2) is 8.35. The van der Waals surface area contributed by atoms with Crippen molar-refractivity contribution in [1.82, 2.24) is 15.5 Å². The summed E-state index contributed by atoms with van der Waals surface area (Å²) in [6.07, 6.45) is -4.48. The van der Waals surface area contributed by atoms with E-state index in [1.54, 1.807) is 17.9 Å². The molecule has 2 N–H and O–H groups in total. The fraction of sp³-hybridized carbons (Fsp3) is 0.444. The summed E-state index contributed by atoms with van der Waals surface area (Å²) in [6, 6.07) is 4.29. The molecular formula is C18H22F3N3O2. The first-order chi connectivity index (χ1) is 12.2. The van der Waals surface area contributed by atoms with Gasteiger partial charge >= 0.3 is 6.18 Å². The lowest BCUT2D eigenvalue weighted by Crippen LogP contribution is -2.56. The lowest BCUT2D eigenvalue weighted by molar-refractivity contribution is -0.137. The molecular weight excluding hydrogens is 347 g/mol. The third-order valence-corrected chi connectivity index (χ3v) is 4.05. The maximum Gasteiger partial charge on any atom is 0.416 e. The Morgan fingerprint density at radius 2 is 2.15 bits per heavy atom. The van der Waals surface area contributed by atoms with Crippen molar-refractivity contribution in [2.75, 3.05) is 19.6 Å². The average molecular weight is 369 g/mol. The smallest absolute Gasteiger partial charge is 0.353 e. The Labute approximate surface area is 150 Å². The molecule has 8 heteroatoms. The Morgan fingerprint density at radius 1 is 1.42 bits per heavy atom. The molecule has 1 fully saturated rings. The number of halogens is 3. The molecule has 1 atom stereocenters. The van der Waals surface area contributed by atoms with Gasteiger partial charge in [-0.25, -0.2) is 0 Å². The number of hydrogen-bond donors (Lipinski definition) is 2. The van der Waals surface area contributed by atoms with Crippen LogP contribution in [0.1, 0.15) is 24.5 Å². The van der Waals surface area contributed by atoms with E-state index in [1.165, 1.54) is 6.07 Å². The highest BCUT2D eigenvalue weighted by molar-refractivity contribution is 5.88. The average Bonchev–Trinajstić information content (AvgIpc) is 2.55. The quantitative estimate of drug-likeness (QED) is 0.755. The fourth-order valence-corrected chi connectivity index (χ4v) is 2.75. The highest BCUT2D eigenvalue weighted by atomic mass is 19.4. The summed E-state index contributed by atoms with van der Waals surface area (Å²) < 4.78 is 38.6. The number of rotatable bonds is 6. The molecule has 1 aromatic rings. The van der Waals surface area contributed by atoms with Gasteiger partial charge in [-0.15, -0.1) is 0 Å². The Hall–Kier alpha value is -2.35. The SMILES string of the molecule is C=C(C)CNC(=O)CC1C(=O)NCCN1Cc1cccc(C(F)(F)F)c1. The van der Waals surface area contributed by atoms with Crippen LogP contribution in [0, 0.1) is 0 Å².